The van der Waals surface area contributed by atoms with Gasteiger partial charge >= 0.3 is 11.9 Å². The number of aliphatic carboxylic acids is 1. The average Bonchev–Trinajstić information content (AvgIpc) is 3.22. The number of benzene rings is 1. The van der Waals surface area contributed by atoms with Crippen molar-refractivity contribution in [3.8, 4) is 5.75 Å². The minimum Gasteiger partial charge on any atom is -0.481 e. The molecule has 1 heterocycles. The van der Waals surface area contributed by atoms with Crippen LogP contribution in [0.25, 0.3) is 0 Å². The Labute approximate surface area is 197 Å². The number of carboxylic acids is 1. The van der Waals surface area contributed by atoms with E-state index in [2.05, 4.69) is 12.6 Å². The van der Waals surface area contributed by atoms with E-state index in [1.54, 1.807) is 24.8 Å². The van der Waals surface area contributed by atoms with E-state index in [1.165, 1.54) is 25.1 Å². The van der Waals surface area contributed by atoms with Crippen molar-refractivity contribution in [2.45, 2.75) is 33.6 Å². The number of amides is 1. The van der Waals surface area contributed by atoms with Crippen molar-refractivity contribution >= 4 is 36.3 Å². The van der Waals surface area contributed by atoms with Crippen molar-refractivity contribution in [2.24, 2.45) is 17.1 Å². The molecule has 0 unspecified atom stereocenters. The summed E-state index contributed by atoms with van der Waals surface area (Å²) in [6.07, 6.45) is 3.77. The first-order chi connectivity index (χ1) is 15.3. The van der Waals surface area contributed by atoms with Crippen LogP contribution >= 0.6 is 12.6 Å². The van der Waals surface area contributed by atoms with E-state index in [1.807, 2.05) is 0 Å². The van der Waals surface area contributed by atoms with Crippen LogP contribution in [-0.4, -0.2) is 46.8 Å². The van der Waals surface area contributed by atoms with Crippen LogP contribution in [0, 0.1) is 17.2 Å². The standard InChI is InChI=1S/C23H28FN3O5S/c1-13(21(30)32-18-7-5-14(19(25)26)10-17(18)24)4-6-16(33)11-23(2,3)22(31)27-9-8-15(12-27)20(28)29/h4-7,10,15,33H,8-9,11-12H2,1-3H3,(H3,25,26)(H,28,29)/p+1/b13-4+,16-6-/t15-/m1/s1. The molecule has 0 spiro atoms. The van der Waals surface area contributed by atoms with Crippen molar-refractivity contribution in [2.75, 3.05) is 13.1 Å². The largest absolute Gasteiger partial charge is 0.481 e. The van der Waals surface area contributed by atoms with Gasteiger partial charge in [-0.05, 0) is 42.9 Å². The molecule has 0 radical (unpaired) electrons. The number of ether oxygens (including phenoxy) is 1. The van der Waals surface area contributed by atoms with E-state index in [0.717, 1.165) is 6.07 Å². The molecule has 8 nitrogen and oxygen atoms in total. The highest BCUT2D eigenvalue weighted by atomic mass is 32.1. The normalized spacial score (nSPS) is 17.1. The minimum atomic E-state index is -0.900. The number of likely N-dealkylation sites (tertiary alicyclic amines) is 1. The molecule has 1 aromatic carbocycles. The number of allylic oxidation sites excluding steroid dienone is 3. The number of amidine groups is 1. The predicted octanol–water partition coefficient (Wildman–Crippen LogP) is 1.30. The SMILES string of the molecule is C/C(=C\C=C(/S)CC(C)(C)C(=O)N1CC[C@@H](C(=O)O)C1)C(=O)Oc1ccc(C(N)=[NH2+])cc1F. The number of rotatable bonds is 8. The second kappa shape index (κ2) is 10.7. The van der Waals surface area contributed by atoms with Crippen LogP contribution in [0.2, 0.25) is 0 Å². The van der Waals surface area contributed by atoms with Crippen molar-refractivity contribution < 1.29 is 34.0 Å². The predicted molar refractivity (Wildman–Crippen MR) is 124 cm³/mol. The molecule has 1 aliphatic rings. The molecule has 5 N–H and O–H groups in total. The zero-order valence-electron chi connectivity index (χ0n) is 18.8. The molecular formula is C23H29FN3O5S+. The minimum absolute atomic E-state index is 0.0536. The smallest absolute Gasteiger partial charge is 0.339 e. The maximum Gasteiger partial charge on any atom is 0.339 e. The summed E-state index contributed by atoms with van der Waals surface area (Å²) in [5.74, 6) is -3.44. The summed E-state index contributed by atoms with van der Waals surface area (Å²) in [5.41, 5.74) is 5.09. The van der Waals surface area contributed by atoms with Gasteiger partial charge in [-0.15, -0.1) is 12.6 Å². The van der Waals surface area contributed by atoms with Crippen LogP contribution < -0.4 is 15.9 Å². The van der Waals surface area contributed by atoms with Gasteiger partial charge < -0.3 is 14.7 Å². The molecule has 0 aromatic heterocycles. The fraction of sp³-hybridized carbons (Fsp3) is 0.391. The Morgan fingerprint density at radius 1 is 1.36 bits per heavy atom. The highest BCUT2D eigenvalue weighted by Gasteiger charge is 2.38. The lowest BCUT2D eigenvalue weighted by molar-refractivity contribution is -0.142. The average molecular weight is 479 g/mol. The Balaban J connectivity index is 2.01. The number of halogens is 1. The van der Waals surface area contributed by atoms with Crippen LogP contribution in [-0.2, 0) is 14.4 Å². The molecule has 1 amide bonds. The van der Waals surface area contributed by atoms with E-state index in [4.69, 9.17) is 21.0 Å². The second-order valence-corrected chi connectivity index (χ2v) is 9.21. The zero-order chi connectivity index (χ0) is 24.9. The molecule has 0 aliphatic carbocycles. The summed E-state index contributed by atoms with van der Waals surface area (Å²) in [5, 5.41) is 14.6. The molecule has 0 saturated carbocycles. The van der Waals surface area contributed by atoms with Crippen LogP contribution in [0.1, 0.15) is 39.2 Å². The topological polar surface area (TPSA) is 136 Å². The first kappa shape index (κ1) is 26.1. The zero-order valence-corrected chi connectivity index (χ0v) is 19.7. The molecule has 178 valence electrons. The number of nitrogens with zero attached hydrogens (tertiary/aromatic N) is 1. The molecular weight excluding hydrogens is 449 g/mol. The van der Waals surface area contributed by atoms with Crippen molar-refractivity contribution in [1.29, 1.82) is 0 Å². The molecule has 0 bridgehead atoms. The Morgan fingerprint density at radius 3 is 2.58 bits per heavy atom. The first-order valence-corrected chi connectivity index (χ1v) is 10.7. The number of nitrogens with two attached hydrogens (primary N) is 2. The number of carboxylic acid groups (broad SMARTS) is 1. The van der Waals surface area contributed by atoms with Gasteiger partial charge in [0.15, 0.2) is 11.6 Å². The lowest BCUT2D eigenvalue weighted by Gasteiger charge is -2.29. The van der Waals surface area contributed by atoms with Gasteiger partial charge in [0.25, 0.3) is 5.84 Å². The number of thiol groups is 1. The number of hydrogen-bond acceptors (Lipinski definition) is 5. The fourth-order valence-corrected chi connectivity index (χ4v) is 3.86. The van der Waals surface area contributed by atoms with Crippen LogP contribution in [0.4, 0.5) is 4.39 Å². The Bertz CT molecular complexity index is 1030. The fourth-order valence-electron chi connectivity index (χ4n) is 3.39. The van der Waals surface area contributed by atoms with Gasteiger partial charge in [0.2, 0.25) is 5.91 Å². The van der Waals surface area contributed by atoms with Gasteiger partial charge in [0, 0.05) is 24.1 Å². The van der Waals surface area contributed by atoms with Crippen molar-refractivity contribution in [3.63, 3.8) is 0 Å². The van der Waals surface area contributed by atoms with Gasteiger partial charge in [0.05, 0.1) is 11.5 Å². The number of carbonyl (C=O) groups is 3. The monoisotopic (exact) mass is 478 g/mol. The van der Waals surface area contributed by atoms with Gasteiger partial charge in [0.1, 0.15) is 0 Å². The van der Waals surface area contributed by atoms with Crippen LogP contribution in [0.15, 0.2) is 40.8 Å². The molecule has 33 heavy (non-hydrogen) atoms. The third-order valence-corrected chi connectivity index (χ3v) is 5.65. The third kappa shape index (κ3) is 6.92. The molecule has 2 rings (SSSR count). The number of esters is 1. The van der Waals surface area contributed by atoms with Gasteiger partial charge in [-0.2, -0.15) is 0 Å². The molecule has 10 heteroatoms. The summed E-state index contributed by atoms with van der Waals surface area (Å²) in [6, 6.07) is 3.77. The van der Waals surface area contributed by atoms with E-state index >= 15 is 0 Å². The molecule has 1 aliphatic heterocycles. The second-order valence-electron chi connectivity index (χ2n) is 8.63. The maximum absolute atomic E-state index is 14.1. The van der Waals surface area contributed by atoms with E-state index in [-0.39, 0.29) is 41.6 Å². The van der Waals surface area contributed by atoms with E-state index < -0.39 is 29.1 Å². The molecule has 1 saturated heterocycles. The molecule has 1 atom stereocenters. The van der Waals surface area contributed by atoms with E-state index in [9.17, 15) is 18.8 Å². The quantitative estimate of drug-likeness (QED) is 0.0846. The van der Waals surface area contributed by atoms with E-state index in [0.29, 0.717) is 17.9 Å². The Morgan fingerprint density at radius 2 is 2.03 bits per heavy atom. The Kier molecular flexibility index (Phi) is 8.43. The first-order valence-electron chi connectivity index (χ1n) is 10.3. The van der Waals surface area contributed by atoms with Gasteiger partial charge in [-0.3, -0.25) is 20.7 Å². The van der Waals surface area contributed by atoms with Gasteiger partial charge in [-0.1, -0.05) is 26.0 Å². The highest BCUT2D eigenvalue weighted by Crippen LogP contribution is 2.32. The van der Waals surface area contributed by atoms with Crippen molar-refractivity contribution in [1.82, 2.24) is 4.90 Å². The summed E-state index contributed by atoms with van der Waals surface area (Å²) < 4.78 is 19.2. The van der Waals surface area contributed by atoms with Crippen LogP contribution in [0.3, 0.4) is 0 Å². The van der Waals surface area contributed by atoms with Gasteiger partial charge in [-0.25, -0.2) is 9.18 Å². The summed E-state index contributed by atoms with van der Waals surface area (Å²) in [7, 11) is 0. The lowest BCUT2D eigenvalue weighted by Crippen LogP contribution is -2.46. The highest BCUT2D eigenvalue weighted by molar-refractivity contribution is 7.84. The maximum atomic E-state index is 14.1. The number of hydrogen-bond donors (Lipinski definition) is 4. The van der Waals surface area contributed by atoms with Crippen LogP contribution in [0.5, 0.6) is 5.75 Å². The number of carbonyl (C=O) groups excluding carboxylic acids is 2. The summed E-state index contributed by atoms with van der Waals surface area (Å²) >= 11 is 4.41. The molecule has 1 fully saturated rings. The van der Waals surface area contributed by atoms with Crippen molar-refractivity contribution in [3.05, 3.63) is 52.2 Å². The molecule has 1 aromatic rings. The third-order valence-electron chi connectivity index (χ3n) is 5.34. The summed E-state index contributed by atoms with van der Waals surface area (Å²) in [6.45, 7) is 5.63. The lowest BCUT2D eigenvalue weighted by atomic mass is 9.87. The Hall–Kier alpha value is -3.14. The summed E-state index contributed by atoms with van der Waals surface area (Å²) in [4.78, 5) is 38.4.